The number of aliphatic hydroxyl groups is 1. The van der Waals surface area contributed by atoms with Crippen LogP contribution in [0.1, 0.15) is 19.8 Å². The third-order valence-electron chi connectivity index (χ3n) is 4.65. The van der Waals surface area contributed by atoms with Gasteiger partial charge in [-0.25, -0.2) is 4.79 Å². The van der Waals surface area contributed by atoms with Crippen LogP contribution in [0.3, 0.4) is 0 Å². The predicted octanol–water partition coefficient (Wildman–Crippen LogP) is 0.118. The molecule has 0 bridgehead atoms. The summed E-state index contributed by atoms with van der Waals surface area (Å²) in [6.45, 7) is 2.21. The van der Waals surface area contributed by atoms with Crippen LogP contribution in [0.2, 0.25) is 0 Å². The fraction of sp³-hybridized carbons (Fsp3) is 0.909. The molecule has 0 aromatic carbocycles. The molecule has 2 heterocycles. The van der Waals surface area contributed by atoms with Crippen molar-refractivity contribution in [3.8, 4) is 0 Å². The first-order valence-electron chi connectivity index (χ1n) is 6.00. The normalized spacial score (nSPS) is 55.4. The summed E-state index contributed by atoms with van der Waals surface area (Å²) in [5.41, 5.74) is -0.0872. The van der Waals surface area contributed by atoms with Crippen LogP contribution in [0.5, 0.6) is 0 Å². The molecule has 4 fully saturated rings. The minimum absolute atomic E-state index is 0.0872. The van der Waals surface area contributed by atoms with Gasteiger partial charge in [0.25, 0.3) is 0 Å². The van der Waals surface area contributed by atoms with E-state index in [1.54, 1.807) is 0 Å². The maximum absolute atomic E-state index is 11.8. The van der Waals surface area contributed by atoms with Gasteiger partial charge in [0.2, 0.25) is 0 Å². The molecule has 4 unspecified atom stereocenters. The monoisotopic (exact) mass is 225 g/mol. The molecule has 0 radical (unpaired) electrons. The van der Waals surface area contributed by atoms with E-state index in [-0.39, 0.29) is 29.9 Å². The number of carbonyl (C=O) groups excluding carboxylic acids is 1. The Morgan fingerprint density at radius 1 is 1.62 bits per heavy atom. The summed E-state index contributed by atoms with van der Waals surface area (Å²) in [5.74, 6) is 0.343. The second-order valence-electron chi connectivity index (χ2n) is 5.23. The van der Waals surface area contributed by atoms with Crippen LogP contribution >= 0.6 is 0 Å². The lowest BCUT2D eigenvalue weighted by molar-refractivity contribution is 0.0702. The minimum atomic E-state index is -0.285. The Balaban J connectivity index is 1.61. The summed E-state index contributed by atoms with van der Waals surface area (Å²) >= 11 is 0. The van der Waals surface area contributed by atoms with Gasteiger partial charge in [-0.05, 0) is 19.8 Å². The van der Waals surface area contributed by atoms with Crippen LogP contribution in [0, 0.1) is 5.92 Å². The average Bonchev–Trinajstić information content (AvgIpc) is 3.06. The quantitative estimate of drug-likeness (QED) is 0.644. The van der Waals surface area contributed by atoms with E-state index in [9.17, 15) is 9.90 Å². The molecule has 1 amide bonds. The lowest BCUT2D eigenvalue weighted by Gasteiger charge is -2.36. The smallest absolute Gasteiger partial charge is 0.410 e. The van der Waals surface area contributed by atoms with Gasteiger partial charge in [-0.15, -0.1) is 0 Å². The van der Waals surface area contributed by atoms with Gasteiger partial charge in [-0.3, -0.25) is 4.90 Å². The van der Waals surface area contributed by atoms with Gasteiger partial charge in [0, 0.05) is 5.92 Å². The molecular formula is C11H15NO4. The Bertz CT molecular complexity index is 373. The predicted molar refractivity (Wildman–Crippen MR) is 52.8 cm³/mol. The third kappa shape index (κ3) is 0.778. The largest absolute Gasteiger partial charge is 0.450 e. The number of hydrogen-bond acceptors (Lipinski definition) is 4. The van der Waals surface area contributed by atoms with Crippen LogP contribution in [0.25, 0.3) is 0 Å². The van der Waals surface area contributed by atoms with Crippen molar-refractivity contribution in [2.24, 2.45) is 5.92 Å². The number of ether oxygens (including phenoxy) is 2. The average molecular weight is 225 g/mol. The molecule has 88 valence electrons. The van der Waals surface area contributed by atoms with Crippen LogP contribution in [0.4, 0.5) is 4.79 Å². The second kappa shape index (κ2) is 2.54. The summed E-state index contributed by atoms with van der Waals surface area (Å²) in [4.78, 5) is 13.6. The van der Waals surface area contributed by atoms with Crippen molar-refractivity contribution in [2.45, 2.75) is 49.7 Å². The molecule has 4 rings (SSSR count). The fourth-order valence-electron chi connectivity index (χ4n) is 4.03. The van der Waals surface area contributed by atoms with E-state index >= 15 is 0 Å². The highest BCUT2D eigenvalue weighted by Crippen LogP contribution is 2.72. The molecule has 0 aromatic rings. The number of amides is 1. The Kier molecular flexibility index (Phi) is 1.47. The second-order valence-corrected chi connectivity index (χ2v) is 5.23. The fourth-order valence-corrected chi connectivity index (χ4v) is 4.03. The molecule has 4 aliphatic rings. The molecule has 1 spiro atoms. The van der Waals surface area contributed by atoms with Crippen LogP contribution in [0.15, 0.2) is 0 Å². The number of carbonyl (C=O) groups is 1. The number of nitrogens with zero attached hydrogens (tertiary/aromatic N) is 1. The first-order chi connectivity index (χ1) is 7.71. The standard InChI is InChI=1S/C11H15NO4/c1-2-15-10(14)12-7-4-5(13)3-6-8-9(16-8)11(6,7)12/h5-9,13H,2-4H2,1H3/t5?,6?,7?,8-,9-,11?,12?/m1/s1. The van der Waals surface area contributed by atoms with Gasteiger partial charge < -0.3 is 14.6 Å². The van der Waals surface area contributed by atoms with Gasteiger partial charge in [0.1, 0.15) is 11.6 Å². The van der Waals surface area contributed by atoms with Gasteiger partial charge in [0.15, 0.2) is 0 Å². The molecule has 5 heteroatoms. The molecule has 16 heavy (non-hydrogen) atoms. The number of epoxide rings is 1. The van der Waals surface area contributed by atoms with Crippen molar-refractivity contribution >= 4 is 6.09 Å². The first-order valence-corrected chi connectivity index (χ1v) is 6.00. The van der Waals surface area contributed by atoms with E-state index in [0.29, 0.717) is 25.0 Å². The Labute approximate surface area is 93.3 Å². The number of hydrogen-bond donors (Lipinski definition) is 1. The SMILES string of the molecule is CCOC(=O)N1C2CC(O)CC3[C@H]4O[C@H]4C321. The minimum Gasteiger partial charge on any atom is -0.450 e. The topological polar surface area (TPSA) is 62.1 Å². The molecule has 6 atom stereocenters. The number of fused-ring (bicyclic) bond motifs is 2. The van der Waals surface area contributed by atoms with Gasteiger partial charge in [-0.1, -0.05) is 0 Å². The molecule has 1 N–H and O–H groups in total. The number of likely N-dealkylation sites (tertiary alicyclic amines) is 1. The number of rotatable bonds is 1. The van der Waals surface area contributed by atoms with Crippen molar-refractivity contribution in [2.75, 3.05) is 6.61 Å². The zero-order valence-corrected chi connectivity index (χ0v) is 9.13. The summed E-state index contributed by atoms with van der Waals surface area (Å²) < 4.78 is 10.6. The summed E-state index contributed by atoms with van der Waals surface area (Å²) in [6, 6.07) is 0.157. The van der Waals surface area contributed by atoms with E-state index in [2.05, 4.69) is 0 Å². The van der Waals surface area contributed by atoms with Crippen molar-refractivity contribution in [1.82, 2.24) is 4.90 Å². The van der Waals surface area contributed by atoms with E-state index < -0.39 is 0 Å². The van der Waals surface area contributed by atoms with Crippen LogP contribution < -0.4 is 0 Å². The van der Waals surface area contributed by atoms with Crippen LogP contribution in [-0.2, 0) is 9.47 Å². The van der Waals surface area contributed by atoms with Crippen molar-refractivity contribution in [3.05, 3.63) is 0 Å². The molecule has 2 aliphatic heterocycles. The Hall–Kier alpha value is -0.810. The molecule has 2 saturated carbocycles. The van der Waals surface area contributed by atoms with Crippen molar-refractivity contribution in [1.29, 1.82) is 0 Å². The summed E-state index contributed by atoms with van der Waals surface area (Å²) in [6.07, 6.45) is 1.47. The van der Waals surface area contributed by atoms with Gasteiger partial charge >= 0.3 is 6.09 Å². The summed E-state index contributed by atoms with van der Waals surface area (Å²) in [5, 5.41) is 9.76. The first kappa shape index (κ1) is 9.24. The van der Waals surface area contributed by atoms with E-state index in [1.807, 2.05) is 11.8 Å². The number of aliphatic hydroxyl groups excluding tert-OH is 1. The van der Waals surface area contributed by atoms with Crippen molar-refractivity contribution < 1.29 is 19.4 Å². The summed E-state index contributed by atoms with van der Waals surface area (Å²) in [7, 11) is 0. The molecule has 2 saturated heterocycles. The highest BCUT2D eigenvalue weighted by Gasteiger charge is 2.90. The Morgan fingerprint density at radius 3 is 3.19 bits per heavy atom. The van der Waals surface area contributed by atoms with E-state index in [1.165, 1.54) is 0 Å². The maximum atomic E-state index is 11.8. The van der Waals surface area contributed by atoms with E-state index in [0.717, 1.165) is 6.42 Å². The van der Waals surface area contributed by atoms with Gasteiger partial charge in [0.05, 0.1) is 24.9 Å². The van der Waals surface area contributed by atoms with Gasteiger partial charge in [-0.2, -0.15) is 0 Å². The maximum Gasteiger partial charge on any atom is 0.410 e. The Morgan fingerprint density at radius 2 is 2.44 bits per heavy atom. The van der Waals surface area contributed by atoms with Crippen molar-refractivity contribution in [3.63, 3.8) is 0 Å². The zero-order valence-electron chi connectivity index (χ0n) is 9.13. The highest BCUT2D eigenvalue weighted by molar-refractivity contribution is 5.76. The molecule has 0 aromatic heterocycles. The molecule has 2 aliphatic carbocycles. The highest BCUT2D eigenvalue weighted by atomic mass is 16.6. The van der Waals surface area contributed by atoms with Crippen LogP contribution in [-0.4, -0.2) is 52.6 Å². The third-order valence-corrected chi connectivity index (χ3v) is 4.65. The molecule has 5 nitrogen and oxygen atoms in total. The molecular weight excluding hydrogens is 210 g/mol. The lowest BCUT2D eigenvalue weighted by Crippen LogP contribution is -2.54. The zero-order chi connectivity index (χ0) is 11.1. The van der Waals surface area contributed by atoms with E-state index in [4.69, 9.17) is 9.47 Å². The lowest BCUT2D eigenvalue weighted by atomic mass is 9.64.